The molecule has 0 atom stereocenters. The first-order valence-corrected chi connectivity index (χ1v) is 7.80. The van der Waals surface area contributed by atoms with E-state index < -0.39 is 0 Å². The van der Waals surface area contributed by atoms with E-state index in [4.69, 9.17) is 9.47 Å². The largest absolute Gasteiger partial charge is 0.507 e. The van der Waals surface area contributed by atoms with Crippen molar-refractivity contribution in [1.29, 1.82) is 0 Å². The molecular weight excluding hydrogens is 316 g/mol. The standard InChI is InChI=1S/C21H18O4/c1-24-20-13-14-7-3-4-8-15(14)16(21(20)25-2)11-12-19(23)17-9-5-6-10-18(17)22/h3-13,22H,1-2H3/b12-11+. The van der Waals surface area contributed by atoms with Crippen LogP contribution in [0, 0.1) is 0 Å². The molecule has 0 saturated carbocycles. The van der Waals surface area contributed by atoms with E-state index in [0.29, 0.717) is 11.5 Å². The Labute approximate surface area is 145 Å². The van der Waals surface area contributed by atoms with Crippen LogP contribution in [0.15, 0.2) is 60.7 Å². The Kier molecular flexibility index (Phi) is 4.70. The van der Waals surface area contributed by atoms with Gasteiger partial charge in [-0.15, -0.1) is 0 Å². The van der Waals surface area contributed by atoms with Gasteiger partial charge >= 0.3 is 0 Å². The van der Waals surface area contributed by atoms with Crippen molar-refractivity contribution in [2.75, 3.05) is 14.2 Å². The smallest absolute Gasteiger partial charge is 0.189 e. The number of phenolic OH excluding ortho intramolecular Hbond substituents is 1. The summed E-state index contributed by atoms with van der Waals surface area (Å²) < 4.78 is 10.9. The molecule has 0 unspecified atom stereocenters. The molecule has 3 rings (SSSR count). The fourth-order valence-corrected chi connectivity index (χ4v) is 2.79. The lowest BCUT2D eigenvalue weighted by Crippen LogP contribution is -1.97. The third-order valence-electron chi connectivity index (χ3n) is 4.00. The van der Waals surface area contributed by atoms with Crippen LogP contribution in [0.4, 0.5) is 0 Å². The molecule has 3 aromatic rings. The first kappa shape index (κ1) is 16.6. The van der Waals surface area contributed by atoms with Crippen molar-refractivity contribution in [3.05, 3.63) is 71.8 Å². The minimum absolute atomic E-state index is 0.0420. The van der Waals surface area contributed by atoms with Gasteiger partial charge in [-0.25, -0.2) is 0 Å². The van der Waals surface area contributed by atoms with Crippen LogP contribution in [0.2, 0.25) is 0 Å². The average molecular weight is 334 g/mol. The number of methoxy groups -OCH3 is 2. The fraction of sp³-hybridized carbons (Fsp3) is 0.0952. The van der Waals surface area contributed by atoms with Crippen molar-refractivity contribution in [2.45, 2.75) is 0 Å². The highest BCUT2D eigenvalue weighted by Crippen LogP contribution is 2.38. The molecule has 0 radical (unpaired) electrons. The van der Waals surface area contributed by atoms with Crippen molar-refractivity contribution >= 4 is 22.6 Å². The predicted molar refractivity (Wildman–Crippen MR) is 98.5 cm³/mol. The van der Waals surface area contributed by atoms with Gasteiger partial charge in [0.15, 0.2) is 17.3 Å². The van der Waals surface area contributed by atoms with Crippen molar-refractivity contribution in [2.24, 2.45) is 0 Å². The minimum Gasteiger partial charge on any atom is -0.507 e. The van der Waals surface area contributed by atoms with Crippen molar-refractivity contribution in [3.8, 4) is 17.2 Å². The van der Waals surface area contributed by atoms with E-state index in [9.17, 15) is 9.90 Å². The topological polar surface area (TPSA) is 55.8 Å². The Bertz CT molecular complexity index is 957. The highest BCUT2D eigenvalue weighted by Gasteiger charge is 2.14. The Morgan fingerprint density at radius 3 is 2.44 bits per heavy atom. The van der Waals surface area contributed by atoms with Gasteiger partial charge in [-0.1, -0.05) is 36.4 Å². The van der Waals surface area contributed by atoms with Gasteiger partial charge in [0.05, 0.1) is 19.8 Å². The Morgan fingerprint density at radius 2 is 1.72 bits per heavy atom. The Hall–Kier alpha value is -3.27. The Morgan fingerprint density at radius 1 is 1.00 bits per heavy atom. The zero-order valence-electron chi connectivity index (χ0n) is 14.0. The van der Waals surface area contributed by atoms with Crippen LogP contribution in [-0.2, 0) is 0 Å². The summed E-state index contributed by atoms with van der Waals surface area (Å²) in [5.41, 5.74) is 1.01. The van der Waals surface area contributed by atoms with E-state index in [1.54, 1.807) is 38.5 Å². The number of phenols is 1. The second-order valence-corrected chi connectivity index (χ2v) is 5.46. The van der Waals surface area contributed by atoms with E-state index in [0.717, 1.165) is 16.3 Å². The van der Waals surface area contributed by atoms with Crippen molar-refractivity contribution in [3.63, 3.8) is 0 Å². The number of fused-ring (bicyclic) bond motifs is 1. The third-order valence-corrected chi connectivity index (χ3v) is 4.00. The molecule has 1 N–H and O–H groups in total. The maximum Gasteiger partial charge on any atom is 0.189 e. The molecule has 0 heterocycles. The van der Waals surface area contributed by atoms with Crippen LogP contribution < -0.4 is 9.47 Å². The van der Waals surface area contributed by atoms with Crippen LogP contribution >= 0.6 is 0 Å². The number of allylic oxidation sites excluding steroid dienone is 1. The Balaban J connectivity index is 2.11. The van der Waals surface area contributed by atoms with Gasteiger partial charge in [0.1, 0.15) is 5.75 Å². The second kappa shape index (κ2) is 7.09. The lowest BCUT2D eigenvalue weighted by molar-refractivity contribution is 0.104. The first-order valence-electron chi connectivity index (χ1n) is 7.80. The molecule has 4 heteroatoms. The number of ether oxygens (including phenoxy) is 2. The number of hydrogen-bond donors (Lipinski definition) is 1. The minimum atomic E-state index is -0.285. The lowest BCUT2D eigenvalue weighted by Gasteiger charge is -2.13. The fourth-order valence-electron chi connectivity index (χ4n) is 2.79. The molecule has 0 saturated heterocycles. The summed E-state index contributed by atoms with van der Waals surface area (Å²) in [6.45, 7) is 0. The summed E-state index contributed by atoms with van der Waals surface area (Å²) in [7, 11) is 3.14. The van der Waals surface area contributed by atoms with Crippen molar-refractivity contribution < 1.29 is 19.4 Å². The van der Waals surface area contributed by atoms with Gasteiger partial charge in [-0.3, -0.25) is 4.79 Å². The number of benzene rings is 3. The molecule has 0 aromatic heterocycles. The van der Waals surface area contributed by atoms with Gasteiger partial charge in [0.25, 0.3) is 0 Å². The lowest BCUT2D eigenvalue weighted by atomic mass is 10.0. The van der Waals surface area contributed by atoms with E-state index in [2.05, 4.69) is 0 Å². The number of rotatable bonds is 5. The molecule has 3 aromatic carbocycles. The number of para-hydroxylation sites is 1. The molecule has 0 aliphatic carbocycles. The molecule has 0 spiro atoms. The van der Waals surface area contributed by atoms with Gasteiger partial charge in [-0.05, 0) is 41.1 Å². The van der Waals surface area contributed by atoms with Crippen LogP contribution in [0.3, 0.4) is 0 Å². The summed E-state index contributed by atoms with van der Waals surface area (Å²) in [5, 5.41) is 11.8. The normalized spacial score (nSPS) is 11.0. The number of carbonyl (C=O) groups is 1. The van der Waals surface area contributed by atoms with Gasteiger partial charge in [-0.2, -0.15) is 0 Å². The van der Waals surface area contributed by atoms with Crippen molar-refractivity contribution in [1.82, 2.24) is 0 Å². The number of aromatic hydroxyl groups is 1. The van der Waals surface area contributed by atoms with Gasteiger partial charge in [0.2, 0.25) is 0 Å². The molecule has 126 valence electrons. The quantitative estimate of drug-likeness (QED) is 0.553. The molecule has 25 heavy (non-hydrogen) atoms. The highest BCUT2D eigenvalue weighted by molar-refractivity contribution is 6.10. The molecule has 0 aliphatic rings. The zero-order chi connectivity index (χ0) is 17.8. The van der Waals surface area contributed by atoms with Crippen LogP contribution in [-0.4, -0.2) is 25.1 Å². The molecule has 0 amide bonds. The zero-order valence-corrected chi connectivity index (χ0v) is 14.0. The summed E-state index contributed by atoms with van der Waals surface area (Å²) >= 11 is 0. The monoisotopic (exact) mass is 334 g/mol. The number of hydrogen-bond acceptors (Lipinski definition) is 4. The average Bonchev–Trinajstić information content (AvgIpc) is 2.65. The molecule has 0 fully saturated rings. The SMILES string of the molecule is COc1cc2ccccc2c(/C=C/C(=O)c2ccccc2O)c1OC. The molecule has 0 aliphatic heterocycles. The van der Waals surface area contributed by atoms with Gasteiger partial charge < -0.3 is 14.6 Å². The molecular formula is C21H18O4. The molecule has 0 bridgehead atoms. The summed E-state index contributed by atoms with van der Waals surface area (Å²) in [5.74, 6) is 0.824. The van der Waals surface area contributed by atoms with E-state index in [1.165, 1.54) is 12.1 Å². The van der Waals surface area contributed by atoms with E-state index in [-0.39, 0.29) is 17.1 Å². The maximum absolute atomic E-state index is 12.4. The van der Waals surface area contributed by atoms with Crippen LogP contribution in [0.25, 0.3) is 16.8 Å². The second-order valence-electron chi connectivity index (χ2n) is 5.46. The summed E-state index contributed by atoms with van der Waals surface area (Å²) in [6, 6.07) is 16.2. The van der Waals surface area contributed by atoms with Gasteiger partial charge in [0, 0.05) is 5.56 Å². The highest BCUT2D eigenvalue weighted by atomic mass is 16.5. The predicted octanol–water partition coefficient (Wildman–Crippen LogP) is 4.46. The van der Waals surface area contributed by atoms with Crippen LogP contribution in [0.1, 0.15) is 15.9 Å². The van der Waals surface area contributed by atoms with E-state index >= 15 is 0 Å². The maximum atomic E-state index is 12.4. The number of carbonyl (C=O) groups excluding carboxylic acids is 1. The number of ketones is 1. The summed E-state index contributed by atoms with van der Waals surface area (Å²) in [6.07, 6.45) is 3.12. The molecule has 4 nitrogen and oxygen atoms in total. The van der Waals surface area contributed by atoms with Crippen LogP contribution in [0.5, 0.6) is 17.2 Å². The summed E-state index contributed by atoms with van der Waals surface area (Å²) in [4.78, 5) is 12.4. The van der Waals surface area contributed by atoms with E-state index in [1.807, 2.05) is 30.3 Å². The first-order chi connectivity index (χ1) is 12.2. The third kappa shape index (κ3) is 3.19.